The van der Waals surface area contributed by atoms with Crippen molar-refractivity contribution in [1.29, 1.82) is 0 Å². The molecule has 0 aromatic heterocycles. The maximum absolute atomic E-state index is 12.4. The molecule has 1 aliphatic heterocycles. The maximum Gasteiger partial charge on any atom is 0.251 e. The van der Waals surface area contributed by atoms with Crippen molar-refractivity contribution in [2.24, 2.45) is 5.73 Å². The predicted molar refractivity (Wildman–Crippen MR) is 78.0 cm³/mol. The summed E-state index contributed by atoms with van der Waals surface area (Å²) in [5, 5.41) is 3.11. The molecule has 3 rings (SSSR count). The summed E-state index contributed by atoms with van der Waals surface area (Å²) >= 11 is 0. The van der Waals surface area contributed by atoms with Crippen molar-refractivity contribution in [3.05, 3.63) is 29.3 Å². The number of fused-ring (bicyclic) bond motifs is 1. The van der Waals surface area contributed by atoms with Gasteiger partial charge in [-0.2, -0.15) is 0 Å². The third kappa shape index (κ3) is 2.80. The molecule has 3 N–H and O–H groups in total. The molecule has 4 heteroatoms. The van der Waals surface area contributed by atoms with E-state index in [1.807, 2.05) is 18.2 Å². The second-order valence-electron chi connectivity index (χ2n) is 5.80. The molecule has 20 heavy (non-hydrogen) atoms. The number of benzene rings is 1. The van der Waals surface area contributed by atoms with Gasteiger partial charge in [0.2, 0.25) is 0 Å². The van der Waals surface area contributed by atoms with E-state index in [4.69, 9.17) is 10.5 Å². The summed E-state index contributed by atoms with van der Waals surface area (Å²) in [6, 6.07) is 5.86. The Morgan fingerprint density at radius 3 is 3.00 bits per heavy atom. The zero-order chi connectivity index (χ0) is 13.9. The number of hydrogen-bond donors (Lipinski definition) is 2. The first-order valence-corrected chi connectivity index (χ1v) is 7.56. The standard InChI is InChI=1S/C16H22N2O2/c17-13-4-2-1-3-5-14(13)18-16(19)12-6-7-15-11(10-12)8-9-20-15/h6-7,10,13-14H,1-5,8-9,17H2,(H,18,19). The molecule has 0 spiro atoms. The summed E-state index contributed by atoms with van der Waals surface area (Å²) in [6.45, 7) is 0.716. The van der Waals surface area contributed by atoms with Crippen LogP contribution in [0.3, 0.4) is 0 Å². The average Bonchev–Trinajstić information content (AvgIpc) is 2.83. The SMILES string of the molecule is NC1CCCCCC1NC(=O)c1ccc2c(c1)CCO2. The number of carbonyl (C=O) groups excluding carboxylic acids is 1. The second kappa shape index (κ2) is 5.83. The topological polar surface area (TPSA) is 64.3 Å². The molecule has 2 unspecified atom stereocenters. The molecule has 0 radical (unpaired) electrons. The summed E-state index contributed by atoms with van der Waals surface area (Å²) in [5.74, 6) is 0.898. The van der Waals surface area contributed by atoms with Gasteiger partial charge in [0.1, 0.15) is 5.75 Å². The van der Waals surface area contributed by atoms with E-state index < -0.39 is 0 Å². The Hall–Kier alpha value is -1.55. The molecule has 1 heterocycles. The van der Waals surface area contributed by atoms with Crippen LogP contribution in [0.4, 0.5) is 0 Å². The number of rotatable bonds is 2. The molecule has 2 atom stereocenters. The third-order valence-electron chi connectivity index (χ3n) is 4.34. The fraction of sp³-hybridized carbons (Fsp3) is 0.562. The molecule has 4 nitrogen and oxygen atoms in total. The van der Waals surface area contributed by atoms with Crippen molar-refractivity contribution in [2.75, 3.05) is 6.61 Å². The van der Waals surface area contributed by atoms with Gasteiger partial charge in [0.05, 0.1) is 6.61 Å². The van der Waals surface area contributed by atoms with Gasteiger partial charge in [-0.1, -0.05) is 19.3 Å². The minimum absolute atomic E-state index is 0.0120. The molecule has 0 saturated heterocycles. The Bertz CT molecular complexity index is 501. The van der Waals surface area contributed by atoms with Crippen LogP contribution in [0.5, 0.6) is 5.75 Å². The van der Waals surface area contributed by atoms with E-state index in [-0.39, 0.29) is 18.0 Å². The number of ether oxygens (including phenoxy) is 1. The van der Waals surface area contributed by atoms with E-state index in [0.29, 0.717) is 12.2 Å². The number of carbonyl (C=O) groups is 1. The highest BCUT2D eigenvalue weighted by molar-refractivity contribution is 5.94. The maximum atomic E-state index is 12.4. The highest BCUT2D eigenvalue weighted by Gasteiger charge is 2.23. The van der Waals surface area contributed by atoms with Crippen molar-refractivity contribution >= 4 is 5.91 Å². The van der Waals surface area contributed by atoms with Crippen molar-refractivity contribution in [3.8, 4) is 5.75 Å². The lowest BCUT2D eigenvalue weighted by Crippen LogP contribution is -2.46. The fourth-order valence-corrected chi connectivity index (χ4v) is 3.10. The Balaban J connectivity index is 1.69. The molecular weight excluding hydrogens is 252 g/mol. The van der Waals surface area contributed by atoms with Gasteiger partial charge in [-0.05, 0) is 36.6 Å². The molecule has 2 aliphatic rings. The van der Waals surface area contributed by atoms with Crippen molar-refractivity contribution in [1.82, 2.24) is 5.32 Å². The average molecular weight is 274 g/mol. The van der Waals surface area contributed by atoms with Gasteiger partial charge in [0.15, 0.2) is 0 Å². The van der Waals surface area contributed by atoms with Crippen LogP contribution in [-0.4, -0.2) is 24.6 Å². The van der Waals surface area contributed by atoms with E-state index in [9.17, 15) is 4.79 Å². The quantitative estimate of drug-likeness (QED) is 0.811. The van der Waals surface area contributed by atoms with Crippen LogP contribution in [0.25, 0.3) is 0 Å². The molecule has 0 bridgehead atoms. The molecule has 1 aliphatic carbocycles. The van der Waals surface area contributed by atoms with E-state index in [1.54, 1.807) is 0 Å². The summed E-state index contributed by atoms with van der Waals surface area (Å²) in [7, 11) is 0. The van der Waals surface area contributed by atoms with Gasteiger partial charge >= 0.3 is 0 Å². The highest BCUT2D eigenvalue weighted by atomic mass is 16.5. The Kier molecular flexibility index (Phi) is 3.92. The molecule has 1 saturated carbocycles. The van der Waals surface area contributed by atoms with Crippen LogP contribution < -0.4 is 15.8 Å². The van der Waals surface area contributed by atoms with Crippen LogP contribution in [0.2, 0.25) is 0 Å². The second-order valence-corrected chi connectivity index (χ2v) is 5.80. The van der Waals surface area contributed by atoms with Crippen molar-refractivity contribution in [2.45, 2.75) is 50.6 Å². The zero-order valence-electron chi connectivity index (χ0n) is 11.7. The molecule has 1 amide bonds. The number of amides is 1. The molecule has 1 aromatic carbocycles. The third-order valence-corrected chi connectivity index (χ3v) is 4.34. The Labute approximate surface area is 119 Å². The van der Waals surface area contributed by atoms with E-state index in [1.165, 1.54) is 12.8 Å². The van der Waals surface area contributed by atoms with Crippen LogP contribution >= 0.6 is 0 Å². The number of nitrogens with two attached hydrogens (primary N) is 1. The Morgan fingerprint density at radius 2 is 2.10 bits per heavy atom. The number of hydrogen-bond acceptors (Lipinski definition) is 3. The lowest BCUT2D eigenvalue weighted by Gasteiger charge is -2.22. The first-order chi connectivity index (χ1) is 9.74. The fourth-order valence-electron chi connectivity index (χ4n) is 3.10. The molecule has 108 valence electrons. The monoisotopic (exact) mass is 274 g/mol. The van der Waals surface area contributed by atoms with Crippen molar-refractivity contribution in [3.63, 3.8) is 0 Å². The summed E-state index contributed by atoms with van der Waals surface area (Å²) < 4.78 is 5.47. The zero-order valence-corrected chi connectivity index (χ0v) is 11.7. The normalized spacial score (nSPS) is 25.4. The van der Waals surface area contributed by atoms with Crippen LogP contribution in [0.1, 0.15) is 48.0 Å². The Morgan fingerprint density at radius 1 is 1.25 bits per heavy atom. The number of nitrogens with one attached hydrogen (secondary N) is 1. The first kappa shape index (κ1) is 13.4. The molecular formula is C16H22N2O2. The largest absolute Gasteiger partial charge is 0.493 e. The van der Waals surface area contributed by atoms with Gasteiger partial charge < -0.3 is 15.8 Å². The molecule has 1 fully saturated rings. The minimum Gasteiger partial charge on any atom is -0.493 e. The van der Waals surface area contributed by atoms with Crippen LogP contribution in [0.15, 0.2) is 18.2 Å². The van der Waals surface area contributed by atoms with E-state index in [2.05, 4.69) is 5.32 Å². The minimum atomic E-state index is -0.0120. The summed E-state index contributed by atoms with van der Waals surface area (Å²) in [6.07, 6.45) is 6.42. The van der Waals surface area contributed by atoms with Crippen LogP contribution in [-0.2, 0) is 6.42 Å². The lowest BCUT2D eigenvalue weighted by atomic mass is 10.0. The van der Waals surface area contributed by atoms with Gasteiger partial charge in [0.25, 0.3) is 5.91 Å². The summed E-state index contributed by atoms with van der Waals surface area (Å²) in [5.41, 5.74) is 8.00. The predicted octanol–water partition coefficient (Wildman–Crippen LogP) is 2.01. The smallest absolute Gasteiger partial charge is 0.251 e. The van der Waals surface area contributed by atoms with E-state index in [0.717, 1.165) is 37.0 Å². The lowest BCUT2D eigenvalue weighted by molar-refractivity contribution is 0.0928. The van der Waals surface area contributed by atoms with Gasteiger partial charge in [0, 0.05) is 24.1 Å². The first-order valence-electron chi connectivity index (χ1n) is 7.56. The van der Waals surface area contributed by atoms with E-state index >= 15 is 0 Å². The molecule has 1 aromatic rings. The van der Waals surface area contributed by atoms with Gasteiger partial charge in [-0.15, -0.1) is 0 Å². The highest BCUT2D eigenvalue weighted by Crippen LogP contribution is 2.26. The van der Waals surface area contributed by atoms with Gasteiger partial charge in [-0.25, -0.2) is 0 Å². The van der Waals surface area contributed by atoms with Crippen LogP contribution in [0, 0.1) is 0 Å². The van der Waals surface area contributed by atoms with Gasteiger partial charge in [-0.3, -0.25) is 4.79 Å². The summed E-state index contributed by atoms with van der Waals surface area (Å²) in [4.78, 5) is 12.4. The van der Waals surface area contributed by atoms with Crippen molar-refractivity contribution < 1.29 is 9.53 Å².